The van der Waals surface area contributed by atoms with Gasteiger partial charge in [-0.05, 0) is 41.3 Å². The van der Waals surface area contributed by atoms with E-state index >= 15 is 0 Å². The van der Waals surface area contributed by atoms with E-state index < -0.39 is 26.1 Å². The second kappa shape index (κ2) is 7.86. The van der Waals surface area contributed by atoms with Crippen molar-refractivity contribution in [2.45, 2.75) is 17.4 Å². The molecule has 0 bridgehead atoms. The predicted molar refractivity (Wildman–Crippen MR) is 119 cm³/mol. The van der Waals surface area contributed by atoms with Crippen molar-refractivity contribution in [3.05, 3.63) is 82.6 Å². The first kappa shape index (κ1) is 20.6. The first-order valence-electron chi connectivity index (χ1n) is 9.03. The summed E-state index contributed by atoms with van der Waals surface area (Å²) in [5.41, 5.74) is 1.63. The topological polar surface area (TPSA) is 95.9 Å². The highest BCUT2D eigenvalue weighted by Crippen LogP contribution is 2.39. The fraction of sp³-hybridized carbons (Fsp3) is 0.150. The molecular weight excluding hydrogens is 442 g/mol. The monoisotopic (exact) mass is 461 g/mol. The fourth-order valence-corrected chi connectivity index (χ4v) is 6.13. The summed E-state index contributed by atoms with van der Waals surface area (Å²) in [6.45, 7) is 0. The molecule has 0 spiro atoms. The normalized spacial score (nSPS) is 17.0. The average molecular weight is 462 g/mol. The van der Waals surface area contributed by atoms with Crippen LogP contribution < -0.4 is 4.72 Å². The molecule has 1 aliphatic heterocycles. The molecule has 3 aromatic rings. The van der Waals surface area contributed by atoms with E-state index in [1.807, 2.05) is 17.5 Å². The van der Waals surface area contributed by atoms with Crippen molar-refractivity contribution in [2.75, 3.05) is 11.0 Å². The van der Waals surface area contributed by atoms with Gasteiger partial charge in [-0.15, -0.1) is 11.3 Å². The van der Waals surface area contributed by atoms with E-state index in [0.717, 1.165) is 11.1 Å². The number of hydrogen-bond donors (Lipinski definition) is 1. The Morgan fingerprint density at radius 3 is 2.43 bits per heavy atom. The van der Waals surface area contributed by atoms with Crippen molar-refractivity contribution >= 4 is 42.8 Å². The standard InChI is InChI=1S/C20H19N3O4S3/c1-29(24,25)22-16-8-5-7-15(13-16)18-14-19(20-11-6-12-28-20)23(21-18)30(26,27)17-9-3-2-4-10-17/h2-13,19,22H,14H2,1H3/t19-/m1/s1. The van der Waals surface area contributed by atoms with Gasteiger partial charge in [-0.3, -0.25) is 4.72 Å². The molecule has 1 N–H and O–H groups in total. The molecule has 7 nitrogen and oxygen atoms in total. The Hall–Kier alpha value is -2.69. The summed E-state index contributed by atoms with van der Waals surface area (Å²) in [6, 6.07) is 18.3. The molecule has 2 aromatic carbocycles. The maximum Gasteiger partial charge on any atom is 0.279 e. The SMILES string of the molecule is CS(=O)(=O)Nc1cccc(C2=NN(S(=O)(=O)c3ccccc3)[C@@H](c3cccs3)C2)c1. The molecule has 4 rings (SSSR count). The molecule has 0 fully saturated rings. The summed E-state index contributed by atoms with van der Waals surface area (Å²) < 4.78 is 53.3. The third-order valence-electron chi connectivity index (χ3n) is 4.53. The van der Waals surface area contributed by atoms with Crippen LogP contribution in [-0.4, -0.2) is 33.2 Å². The van der Waals surface area contributed by atoms with Crippen LogP contribution in [-0.2, 0) is 20.0 Å². The fourth-order valence-electron chi connectivity index (χ4n) is 3.25. The van der Waals surface area contributed by atoms with Gasteiger partial charge in [0.15, 0.2) is 0 Å². The van der Waals surface area contributed by atoms with Gasteiger partial charge in [0.25, 0.3) is 10.0 Å². The molecule has 2 heterocycles. The zero-order chi connectivity index (χ0) is 21.4. The summed E-state index contributed by atoms with van der Waals surface area (Å²) in [6.07, 6.45) is 1.46. The molecule has 0 aliphatic carbocycles. The number of benzene rings is 2. The quantitative estimate of drug-likeness (QED) is 0.606. The molecular formula is C20H19N3O4S3. The minimum Gasteiger partial charge on any atom is -0.284 e. The molecule has 156 valence electrons. The predicted octanol–water partition coefficient (Wildman–Crippen LogP) is 3.66. The Balaban J connectivity index is 1.76. The summed E-state index contributed by atoms with van der Waals surface area (Å²) in [7, 11) is -7.28. The van der Waals surface area contributed by atoms with Gasteiger partial charge < -0.3 is 0 Å². The highest BCUT2D eigenvalue weighted by molar-refractivity contribution is 7.92. The maximum absolute atomic E-state index is 13.3. The zero-order valence-corrected chi connectivity index (χ0v) is 18.4. The van der Waals surface area contributed by atoms with Crippen LogP contribution in [0.2, 0.25) is 0 Å². The van der Waals surface area contributed by atoms with Crippen LogP contribution in [0.1, 0.15) is 22.9 Å². The summed E-state index contributed by atoms with van der Waals surface area (Å²) in [4.78, 5) is 1.06. The van der Waals surface area contributed by atoms with E-state index in [4.69, 9.17) is 0 Å². The second-order valence-electron chi connectivity index (χ2n) is 6.83. The molecule has 1 aliphatic rings. The number of thiophene rings is 1. The highest BCUT2D eigenvalue weighted by atomic mass is 32.2. The Bertz CT molecular complexity index is 1290. The van der Waals surface area contributed by atoms with Crippen LogP contribution in [0.3, 0.4) is 0 Å². The zero-order valence-electron chi connectivity index (χ0n) is 16.0. The first-order valence-corrected chi connectivity index (χ1v) is 13.2. The number of rotatable bonds is 6. The van der Waals surface area contributed by atoms with Gasteiger partial charge in [0.1, 0.15) is 6.04 Å². The Labute approximate surface area is 179 Å². The van der Waals surface area contributed by atoms with Crippen LogP contribution in [0.5, 0.6) is 0 Å². The Morgan fingerprint density at radius 1 is 1.00 bits per heavy atom. The molecule has 1 atom stereocenters. The molecule has 1 aromatic heterocycles. The smallest absolute Gasteiger partial charge is 0.279 e. The molecule has 10 heteroatoms. The van der Waals surface area contributed by atoms with Crippen LogP contribution in [0.15, 0.2) is 82.1 Å². The van der Waals surface area contributed by atoms with Crippen LogP contribution >= 0.6 is 11.3 Å². The number of anilines is 1. The van der Waals surface area contributed by atoms with Crippen LogP contribution in [0.25, 0.3) is 0 Å². The van der Waals surface area contributed by atoms with E-state index in [1.165, 1.54) is 15.8 Å². The van der Waals surface area contributed by atoms with Gasteiger partial charge in [0, 0.05) is 17.0 Å². The summed E-state index contributed by atoms with van der Waals surface area (Å²) >= 11 is 1.47. The lowest BCUT2D eigenvalue weighted by Gasteiger charge is -2.22. The van der Waals surface area contributed by atoms with Crippen molar-refractivity contribution in [1.82, 2.24) is 4.41 Å². The molecule has 0 radical (unpaired) electrons. The third kappa shape index (κ3) is 4.25. The number of sulfonamides is 2. The summed E-state index contributed by atoms with van der Waals surface area (Å²) in [5.74, 6) is 0. The van der Waals surface area contributed by atoms with Crippen molar-refractivity contribution < 1.29 is 16.8 Å². The third-order valence-corrected chi connectivity index (χ3v) is 7.81. The molecule has 0 amide bonds. The van der Waals surface area contributed by atoms with E-state index in [-0.39, 0.29) is 4.90 Å². The van der Waals surface area contributed by atoms with Crippen molar-refractivity contribution in [2.24, 2.45) is 5.10 Å². The van der Waals surface area contributed by atoms with Gasteiger partial charge >= 0.3 is 0 Å². The van der Waals surface area contributed by atoms with E-state index in [9.17, 15) is 16.8 Å². The molecule has 0 unspecified atom stereocenters. The lowest BCUT2D eigenvalue weighted by molar-refractivity contribution is 0.375. The van der Waals surface area contributed by atoms with Gasteiger partial charge in [0.2, 0.25) is 10.0 Å². The maximum atomic E-state index is 13.3. The molecule has 0 saturated carbocycles. The van der Waals surface area contributed by atoms with Gasteiger partial charge in [-0.1, -0.05) is 36.4 Å². The van der Waals surface area contributed by atoms with Crippen molar-refractivity contribution in [1.29, 1.82) is 0 Å². The number of nitrogens with one attached hydrogen (secondary N) is 1. The Kier molecular flexibility index (Phi) is 5.39. The van der Waals surface area contributed by atoms with E-state index in [0.29, 0.717) is 23.4 Å². The lowest BCUT2D eigenvalue weighted by atomic mass is 10.0. The van der Waals surface area contributed by atoms with Crippen LogP contribution in [0.4, 0.5) is 5.69 Å². The van der Waals surface area contributed by atoms with Gasteiger partial charge in [0.05, 0.1) is 16.9 Å². The largest absolute Gasteiger partial charge is 0.284 e. The van der Waals surface area contributed by atoms with Crippen LogP contribution in [0, 0.1) is 0 Å². The minimum atomic E-state index is -3.85. The number of hydrazone groups is 1. The van der Waals surface area contributed by atoms with E-state index in [2.05, 4.69) is 9.82 Å². The highest BCUT2D eigenvalue weighted by Gasteiger charge is 2.38. The van der Waals surface area contributed by atoms with Crippen molar-refractivity contribution in [3.63, 3.8) is 0 Å². The van der Waals surface area contributed by atoms with Gasteiger partial charge in [-0.2, -0.15) is 17.9 Å². The van der Waals surface area contributed by atoms with Gasteiger partial charge in [-0.25, -0.2) is 8.42 Å². The molecule has 0 saturated heterocycles. The minimum absolute atomic E-state index is 0.170. The first-order chi connectivity index (χ1) is 14.2. The summed E-state index contributed by atoms with van der Waals surface area (Å²) in [5, 5.41) is 6.37. The Morgan fingerprint density at radius 2 is 1.77 bits per heavy atom. The molecule has 30 heavy (non-hydrogen) atoms. The van der Waals surface area contributed by atoms with E-state index in [1.54, 1.807) is 54.6 Å². The second-order valence-corrected chi connectivity index (χ2v) is 11.4. The number of nitrogens with zero attached hydrogens (tertiary/aromatic N) is 2. The average Bonchev–Trinajstić information content (AvgIpc) is 3.37. The number of hydrogen-bond acceptors (Lipinski definition) is 6. The lowest BCUT2D eigenvalue weighted by Crippen LogP contribution is -2.26. The van der Waals surface area contributed by atoms with Crippen molar-refractivity contribution in [3.8, 4) is 0 Å².